The second kappa shape index (κ2) is 8.82. The van der Waals surface area contributed by atoms with Gasteiger partial charge in [0.15, 0.2) is 0 Å². The van der Waals surface area contributed by atoms with Crippen molar-refractivity contribution in [2.75, 3.05) is 26.7 Å². The minimum absolute atomic E-state index is 0.0427. The number of benzene rings is 2. The van der Waals surface area contributed by atoms with Gasteiger partial charge in [-0.1, -0.05) is 11.6 Å². The van der Waals surface area contributed by atoms with Gasteiger partial charge in [0.2, 0.25) is 15.9 Å². The predicted molar refractivity (Wildman–Crippen MR) is 119 cm³/mol. The normalized spacial score (nSPS) is 15.7. The maximum absolute atomic E-state index is 13.1. The van der Waals surface area contributed by atoms with Crippen LogP contribution in [0.2, 0.25) is 5.02 Å². The number of sulfonamides is 1. The molecule has 31 heavy (non-hydrogen) atoms. The van der Waals surface area contributed by atoms with Crippen molar-refractivity contribution in [1.29, 1.82) is 0 Å². The summed E-state index contributed by atoms with van der Waals surface area (Å²) in [4.78, 5) is 19.0. The SMILES string of the molecule is CN(CC(=O)N1CCC(c2nc3cc(Cl)ccc3s2)CC1)S(=O)(=O)c1ccc(F)cc1. The molecular formula is C21H21ClFN3O3S2. The van der Waals surface area contributed by atoms with Crippen LogP contribution in [-0.4, -0.2) is 55.2 Å². The highest BCUT2D eigenvalue weighted by molar-refractivity contribution is 7.89. The van der Waals surface area contributed by atoms with Gasteiger partial charge in [-0.25, -0.2) is 17.8 Å². The minimum Gasteiger partial charge on any atom is -0.342 e. The molecule has 1 aliphatic heterocycles. The summed E-state index contributed by atoms with van der Waals surface area (Å²) in [5.41, 5.74) is 0.888. The van der Waals surface area contributed by atoms with Crippen LogP contribution in [0, 0.1) is 5.82 Å². The Balaban J connectivity index is 1.36. The van der Waals surface area contributed by atoms with Gasteiger partial charge in [-0.15, -0.1) is 11.3 Å². The molecule has 0 unspecified atom stereocenters. The zero-order chi connectivity index (χ0) is 22.2. The molecular weight excluding hydrogens is 461 g/mol. The fourth-order valence-electron chi connectivity index (χ4n) is 3.63. The topological polar surface area (TPSA) is 70.6 Å². The van der Waals surface area contributed by atoms with Crippen molar-refractivity contribution in [1.82, 2.24) is 14.2 Å². The minimum atomic E-state index is -3.86. The van der Waals surface area contributed by atoms with E-state index >= 15 is 0 Å². The summed E-state index contributed by atoms with van der Waals surface area (Å²) < 4.78 is 40.4. The van der Waals surface area contributed by atoms with E-state index in [1.807, 2.05) is 18.2 Å². The van der Waals surface area contributed by atoms with Crippen LogP contribution in [0.5, 0.6) is 0 Å². The first-order valence-electron chi connectivity index (χ1n) is 9.80. The van der Waals surface area contributed by atoms with E-state index in [0.29, 0.717) is 18.1 Å². The van der Waals surface area contributed by atoms with Gasteiger partial charge < -0.3 is 4.90 Å². The van der Waals surface area contributed by atoms with E-state index in [4.69, 9.17) is 16.6 Å². The molecule has 0 radical (unpaired) electrons. The van der Waals surface area contributed by atoms with Crippen LogP contribution in [-0.2, 0) is 14.8 Å². The summed E-state index contributed by atoms with van der Waals surface area (Å²) in [5.74, 6) is -0.500. The van der Waals surface area contributed by atoms with Gasteiger partial charge in [-0.05, 0) is 55.3 Å². The largest absolute Gasteiger partial charge is 0.342 e. The van der Waals surface area contributed by atoms with E-state index in [1.165, 1.54) is 19.2 Å². The summed E-state index contributed by atoms with van der Waals surface area (Å²) in [6, 6.07) is 10.2. The monoisotopic (exact) mass is 481 g/mol. The van der Waals surface area contributed by atoms with Gasteiger partial charge in [-0.3, -0.25) is 4.79 Å². The first-order chi connectivity index (χ1) is 14.7. The molecule has 1 saturated heterocycles. The van der Waals surface area contributed by atoms with Crippen LogP contribution in [0.3, 0.4) is 0 Å². The summed E-state index contributed by atoms with van der Waals surface area (Å²) in [5, 5.41) is 1.70. The molecule has 1 aromatic heterocycles. The average molecular weight is 482 g/mol. The van der Waals surface area contributed by atoms with Gasteiger partial charge in [0, 0.05) is 31.1 Å². The van der Waals surface area contributed by atoms with Crippen molar-refractivity contribution in [3.63, 3.8) is 0 Å². The van der Waals surface area contributed by atoms with Crippen LogP contribution >= 0.6 is 22.9 Å². The molecule has 1 amide bonds. The Morgan fingerprint density at radius 2 is 1.90 bits per heavy atom. The van der Waals surface area contributed by atoms with Crippen molar-refractivity contribution in [3.8, 4) is 0 Å². The second-order valence-corrected chi connectivity index (χ2v) is 11.1. The summed E-state index contributed by atoms with van der Waals surface area (Å²) >= 11 is 7.69. The number of thiazole rings is 1. The Morgan fingerprint density at radius 1 is 1.23 bits per heavy atom. The van der Waals surface area contributed by atoms with Gasteiger partial charge in [0.1, 0.15) is 5.82 Å². The Labute approximate surface area is 189 Å². The number of hydrogen-bond donors (Lipinski definition) is 0. The lowest BCUT2D eigenvalue weighted by Crippen LogP contribution is -2.44. The molecule has 3 aromatic rings. The predicted octanol–water partition coefficient (Wildman–Crippen LogP) is 4.12. The quantitative estimate of drug-likeness (QED) is 0.549. The molecule has 2 aromatic carbocycles. The molecule has 2 heterocycles. The molecule has 0 saturated carbocycles. The number of halogens is 2. The molecule has 1 aliphatic rings. The first kappa shape index (κ1) is 22.1. The molecule has 0 bridgehead atoms. The molecule has 164 valence electrons. The van der Waals surface area contributed by atoms with Crippen molar-refractivity contribution >= 4 is 49.1 Å². The van der Waals surface area contributed by atoms with Gasteiger partial charge in [-0.2, -0.15) is 4.31 Å². The van der Waals surface area contributed by atoms with Crippen molar-refractivity contribution < 1.29 is 17.6 Å². The number of piperidine rings is 1. The number of carbonyl (C=O) groups is 1. The van der Waals surface area contributed by atoms with Crippen molar-refractivity contribution in [3.05, 3.63) is 58.3 Å². The highest BCUT2D eigenvalue weighted by Gasteiger charge is 2.29. The Bertz CT molecular complexity index is 1210. The van der Waals surface area contributed by atoms with Crippen LogP contribution in [0.1, 0.15) is 23.8 Å². The Hall–Kier alpha value is -2.07. The maximum atomic E-state index is 13.1. The number of likely N-dealkylation sites (N-methyl/N-ethyl adjacent to an activating group) is 1. The fourth-order valence-corrected chi connectivity index (χ4v) is 6.03. The first-order valence-corrected chi connectivity index (χ1v) is 12.4. The highest BCUT2D eigenvalue weighted by Crippen LogP contribution is 2.34. The lowest BCUT2D eigenvalue weighted by Gasteiger charge is -2.32. The summed E-state index contributed by atoms with van der Waals surface area (Å²) in [6.07, 6.45) is 1.54. The molecule has 10 heteroatoms. The number of likely N-dealkylation sites (tertiary alicyclic amines) is 1. The third-order valence-corrected chi connectivity index (χ3v) is 8.69. The highest BCUT2D eigenvalue weighted by atomic mass is 35.5. The average Bonchev–Trinajstić information content (AvgIpc) is 3.17. The van der Waals surface area contributed by atoms with E-state index in [9.17, 15) is 17.6 Å². The van der Waals surface area contributed by atoms with Crippen molar-refractivity contribution in [2.45, 2.75) is 23.7 Å². The molecule has 0 aliphatic carbocycles. The number of aromatic nitrogens is 1. The number of rotatable bonds is 5. The third kappa shape index (κ3) is 4.74. The van der Waals surface area contributed by atoms with E-state index in [2.05, 4.69) is 0 Å². The van der Waals surface area contributed by atoms with E-state index in [1.54, 1.807) is 16.2 Å². The van der Waals surface area contributed by atoms with Crippen LogP contribution in [0.25, 0.3) is 10.2 Å². The van der Waals surface area contributed by atoms with E-state index < -0.39 is 15.8 Å². The standard InChI is InChI=1S/C21H21ClFN3O3S2/c1-25(31(28,29)17-5-3-16(23)4-6-17)13-20(27)26-10-8-14(9-11-26)21-24-18-12-15(22)2-7-19(18)30-21/h2-7,12,14H,8-11,13H2,1H3. The molecule has 0 atom stereocenters. The van der Waals surface area contributed by atoms with Crippen LogP contribution in [0.15, 0.2) is 47.4 Å². The van der Waals surface area contributed by atoms with Gasteiger partial charge in [0.25, 0.3) is 0 Å². The third-order valence-electron chi connectivity index (χ3n) is 5.44. The maximum Gasteiger partial charge on any atom is 0.243 e. The summed E-state index contributed by atoms with van der Waals surface area (Å²) in [7, 11) is -2.50. The second-order valence-electron chi connectivity index (χ2n) is 7.53. The van der Waals surface area contributed by atoms with E-state index in [-0.39, 0.29) is 23.3 Å². The number of nitrogens with zero attached hydrogens (tertiary/aromatic N) is 3. The molecule has 4 rings (SSSR count). The zero-order valence-electron chi connectivity index (χ0n) is 16.8. The molecule has 1 fully saturated rings. The smallest absolute Gasteiger partial charge is 0.243 e. The zero-order valence-corrected chi connectivity index (χ0v) is 19.2. The fraction of sp³-hybridized carbons (Fsp3) is 0.333. The number of hydrogen-bond acceptors (Lipinski definition) is 5. The van der Waals surface area contributed by atoms with Gasteiger partial charge in [0.05, 0.1) is 26.7 Å². The Morgan fingerprint density at radius 3 is 2.58 bits per heavy atom. The number of carbonyl (C=O) groups excluding carboxylic acids is 1. The molecule has 6 nitrogen and oxygen atoms in total. The number of amides is 1. The van der Waals surface area contributed by atoms with E-state index in [0.717, 1.165) is 44.5 Å². The molecule has 0 spiro atoms. The number of fused-ring (bicyclic) bond motifs is 1. The van der Waals surface area contributed by atoms with Gasteiger partial charge >= 0.3 is 0 Å². The lowest BCUT2D eigenvalue weighted by molar-refractivity contribution is -0.132. The van der Waals surface area contributed by atoms with Crippen molar-refractivity contribution in [2.24, 2.45) is 0 Å². The summed E-state index contributed by atoms with van der Waals surface area (Å²) in [6.45, 7) is 0.833. The Kier molecular flexibility index (Phi) is 6.30. The lowest BCUT2D eigenvalue weighted by atomic mass is 9.97. The van der Waals surface area contributed by atoms with Crippen LogP contribution in [0.4, 0.5) is 4.39 Å². The van der Waals surface area contributed by atoms with Crippen LogP contribution < -0.4 is 0 Å². The molecule has 0 N–H and O–H groups in total.